The number of ether oxygens (including phenoxy) is 1. The van der Waals surface area contributed by atoms with Crippen LogP contribution in [0.15, 0.2) is 30.3 Å². The average molecular weight is 663 g/mol. The Kier molecular flexibility index (Phi) is 8.99. The molecule has 0 bridgehead atoms. The van der Waals surface area contributed by atoms with Gasteiger partial charge >= 0.3 is 6.03 Å². The Hall–Kier alpha value is -4.62. The van der Waals surface area contributed by atoms with E-state index >= 15 is 0 Å². The highest BCUT2D eigenvalue weighted by Crippen LogP contribution is 2.52. The van der Waals surface area contributed by atoms with Gasteiger partial charge < -0.3 is 31.3 Å². The maximum atomic E-state index is 14.1. The van der Waals surface area contributed by atoms with E-state index in [-0.39, 0.29) is 36.7 Å². The highest BCUT2D eigenvalue weighted by atomic mass is 16.5. The highest BCUT2D eigenvalue weighted by molar-refractivity contribution is 6.32. The fraction of sp³-hybridized carbons (Fsp3) is 0.486. The number of hydrogen-bond acceptors (Lipinski definition) is 10. The number of nitrogens with two attached hydrogens (primary N) is 1. The summed E-state index contributed by atoms with van der Waals surface area (Å²) in [5.41, 5.74) is 4.44. The molecule has 6 atom stereocenters. The minimum atomic E-state index is -2.79. The molecule has 2 fully saturated rings. The lowest BCUT2D eigenvalue weighted by molar-refractivity contribution is -0.181. The SMILES string of the molecule is CCOc1ccc(-c2ccc(O)c3c2C[C@H]2C[C@H]4C(N(C)C)C(=O)C(C(N)=O)C(=O)[C@@]4(O)C(=O)C2C3=O)cc1CNC(=O)NC(C)(C)C. The summed E-state index contributed by atoms with van der Waals surface area (Å²) in [7, 11) is 3.08. The molecule has 5 rings (SSSR count). The van der Waals surface area contributed by atoms with Crippen molar-refractivity contribution in [3.05, 3.63) is 47.0 Å². The van der Waals surface area contributed by atoms with Gasteiger partial charge in [-0.05, 0) is 95.4 Å². The highest BCUT2D eigenvalue weighted by Gasteiger charge is 2.69. The second-order valence-corrected chi connectivity index (χ2v) is 14.1. The summed E-state index contributed by atoms with van der Waals surface area (Å²) < 4.78 is 5.81. The fourth-order valence-electron chi connectivity index (χ4n) is 7.62. The van der Waals surface area contributed by atoms with Crippen LogP contribution < -0.4 is 21.1 Å². The first-order valence-corrected chi connectivity index (χ1v) is 15.9. The Labute approximate surface area is 278 Å². The van der Waals surface area contributed by atoms with Crippen molar-refractivity contribution >= 4 is 35.1 Å². The quantitative estimate of drug-likeness (QED) is 0.270. The second kappa shape index (κ2) is 12.4. The Balaban J connectivity index is 1.57. The minimum Gasteiger partial charge on any atom is -0.507 e. The molecular weight excluding hydrogens is 620 g/mol. The van der Waals surface area contributed by atoms with Crippen molar-refractivity contribution in [3.8, 4) is 22.6 Å². The van der Waals surface area contributed by atoms with Gasteiger partial charge in [0, 0.05) is 23.6 Å². The van der Waals surface area contributed by atoms with E-state index in [1.165, 1.54) is 25.1 Å². The molecule has 256 valence electrons. The molecule has 0 spiro atoms. The smallest absolute Gasteiger partial charge is 0.315 e. The number of urea groups is 1. The first-order chi connectivity index (χ1) is 22.4. The number of nitrogens with zero attached hydrogens (tertiary/aromatic N) is 1. The molecular formula is C35H42N4O9. The summed E-state index contributed by atoms with van der Waals surface area (Å²) in [6.07, 6.45) is 0.0602. The number of amides is 3. The van der Waals surface area contributed by atoms with Gasteiger partial charge in [0.25, 0.3) is 0 Å². The number of Topliss-reactive ketones (excluding diaryl/α,β-unsaturated/α-hetero) is 4. The maximum absolute atomic E-state index is 14.1. The second-order valence-electron chi connectivity index (χ2n) is 14.1. The topological polar surface area (TPSA) is 205 Å². The third-order valence-electron chi connectivity index (χ3n) is 9.54. The van der Waals surface area contributed by atoms with Crippen LogP contribution in [0.1, 0.15) is 55.6 Å². The van der Waals surface area contributed by atoms with E-state index in [0.29, 0.717) is 34.6 Å². The van der Waals surface area contributed by atoms with Crippen LogP contribution in [0.2, 0.25) is 0 Å². The molecule has 0 aromatic heterocycles. The zero-order valence-corrected chi connectivity index (χ0v) is 27.9. The number of fused-ring (bicyclic) bond motifs is 3. The van der Waals surface area contributed by atoms with E-state index in [1.807, 2.05) is 33.8 Å². The van der Waals surface area contributed by atoms with E-state index in [0.717, 1.165) is 0 Å². The molecule has 2 aromatic rings. The Bertz CT molecular complexity index is 1730. The van der Waals surface area contributed by atoms with Crippen molar-refractivity contribution in [3.63, 3.8) is 0 Å². The number of hydrogen-bond donors (Lipinski definition) is 5. The molecule has 13 nitrogen and oxygen atoms in total. The van der Waals surface area contributed by atoms with Gasteiger partial charge in [-0.1, -0.05) is 12.1 Å². The number of carbonyl (C=O) groups is 6. The van der Waals surface area contributed by atoms with Crippen LogP contribution >= 0.6 is 0 Å². The van der Waals surface area contributed by atoms with Crippen LogP contribution in [-0.2, 0) is 32.1 Å². The van der Waals surface area contributed by atoms with Crippen molar-refractivity contribution in [1.29, 1.82) is 0 Å². The Morgan fingerprint density at radius 1 is 1.08 bits per heavy atom. The number of aliphatic hydroxyl groups is 1. The first kappa shape index (κ1) is 34.7. The van der Waals surface area contributed by atoms with Crippen LogP contribution in [0.4, 0.5) is 4.79 Å². The van der Waals surface area contributed by atoms with Gasteiger partial charge in [-0.25, -0.2) is 4.79 Å². The van der Waals surface area contributed by atoms with Crippen molar-refractivity contribution in [2.75, 3.05) is 20.7 Å². The molecule has 48 heavy (non-hydrogen) atoms. The van der Waals surface area contributed by atoms with Crippen LogP contribution in [-0.4, -0.2) is 88.1 Å². The van der Waals surface area contributed by atoms with Crippen molar-refractivity contribution in [2.45, 2.75) is 64.3 Å². The molecule has 6 N–H and O–H groups in total. The fourth-order valence-corrected chi connectivity index (χ4v) is 7.62. The molecule has 3 unspecified atom stereocenters. The number of phenolic OH excluding ortho intramolecular Hbond substituents is 1. The number of nitrogens with one attached hydrogen (secondary N) is 2. The van der Waals surface area contributed by atoms with E-state index in [9.17, 15) is 39.0 Å². The number of benzene rings is 2. The number of ketones is 4. The Morgan fingerprint density at radius 3 is 2.38 bits per heavy atom. The largest absolute Gasteiger partial charge is 0.507 e. The summed E-state index contributed by atoms with van der Waals surface area (Å²) >= 11 is 0. The van der Waals surface area contributed by atoms with E-state index < -0.39 is 69.9 Å². The maximum Gasteiger partial charge on any atom is 0.315 e. The number of primary amides is 1. The molecule has 3 amide bonds. The van der Waals surface area contributed by atoms with Gasteiger partial charge in [0.05, 0.1) is 24.1 Å². The summed E-state index contributed by atoms with van der Waals surface area (Å²) in [6.45, 7) is 7.94. The van der Waals surface area contributed by atoms with Gasteiger partial charge in [-0.3, -0.25) is 28.9 Å². The standard InChI is InChI=1S/C35H42N4O9/c1-7-48-23-11-8-16(12-18(23)15-37-33(46)38-34(2,3)4)19-9-10-22(40)25-20(19)13-17-14-21-27(39(5)6)29(42)26(32(36)45)31(44)35(21,47)30(43)24(17)28(25)41/h8-12,17,21,24,26-27,40,47H,7,13-15H2,1-6H3,(H2,36,45)(H2,37,38,46)/t17-,21-,24?,26?,27?,35-/m0/s1. The van der Waals surface area contributed by atoms with Crippen LogP contribution in [0.3, 0.4) is 0 Å². The molecule has 3 aliphatic carbocycles. The number of rotatable bonds is 7. The van der Waals surface area contributed by atoms with Gasteiger partial charge in [-0.15, -0.1) is 0 Å². The predicted molar refractivity (Wildman–Crippen MR) is 173 cm³/mol. The first-order valence-electron chi connectivity index (χ1n) is 15.9. The molecule has 2 saturated carbocycles. The number of carbonyl (C=O) groups excluding carboxylic acids is 6. The lowest BCUT2D eigenvalue weighted by Crippen LogP contribution is -2.74. The number of aromatic hydroxyl groups is 1. The molecule has 3 aliphatic rings. The van der Waals surface area contributed by atoms with Crippen molar-refractivity contribution in [2.24, 2.45) is 29.4 Å². The zero-order valence-electron chi connectivity index (χ0n) is 27.9. The number of likely N-dealkylation sites (N-methyl/N-ethyl adjacent to an activating group) is 1. The monoisotopic (exact) mass is 662 g/mol. The molecule has 13 heteroatoms. The van der Waals surface area contributed by atoms with E-state index in [4.69, 9.17) is 10.5 Å². The summed E-state index contributed by atoms with van der Waals surface area (Å²) in [5, 5.41) is 28.4. The van der Waals surface area contributed by atoms with Crippen LogP contribution in [0.5, 0.6) is 11.5 Å². The Morgan fingerprint density at radius 2 is 1.77 bits per heavy atom. The van der Waals surface area contributed by atoms with Crippen molar-refractivity contribution < 1.29 is 43.7 Å². The third kappa shape index (κ3) is 5.74. The summed E-state index contributed by atoms with van der Waals surface area (Å²) in [6, 6.07) is 6.82. The summed E-state index contributed by atoms with van der Waals surface area (Å²) in [4.78, 5) is 81.3. The molecule has 0 radical (unpaired) electrons. The zero-order chi connectivity index (χ0) is 35.5. The van der Waals surface area contributed by atoms with Gasteiger partial charge in [0.1, 0.15) is 11.5 Å². The lowest BCUT2D eigenvalue weighted by Gasteiger charge is -2.52. The number of phenols is 1. The van der Waals surface area contributed by atoms with Crippen LogP contribution in [0.25, 0.3) is 11.1 Å². The molecule has 0 saturated heterocycles. The summed E-state index contributed by atoms with van der Waals surface area (Å²) in [5.74, 6) is -10.5. The third-order valence-corrected chi connectivity index (χ3v) is 9.54. The van der Waals surface area contributed by atoms with Gasteiger partial charge in [0.15, 0.2) is 34.7 Å². The molecule has 0 heterocycles. The average Bonchev–Trinajstić information content (AvgIpc) is 2.97. The normalized spacial score (nSPS) is 26.8. The predicted octanol–water partition coefficient (Wildman–Crippen LogP) is 1.53. The van der Waals surface area contributed by atoms with E-state index in [2.05, 4.69) is 10.6 Å². The molecule has 2 aromatic carbocycles. The lowest BCUT2D eigenvalue weighted by atomic mass is 9.52. The van der Waals surface area contributed by atoms with Gasteiger partial charge in [-0.2, -0.15) is 0 Å². The van der Waals surface area contributed by atoms with E-state index in [1.54, 1.807) is 18.2 Å². The molecule has 0 aliphatic heterocycles. The van der Waals surface area contributed by atoms with Crippen molar-refractivity contribution in [1.82, 2.24) is 15.5 Å². The van der Waals surface area contributed by atoms with Crippen LogP contribution in [0, 0.1) is 23.7 Å². The van der Waals surface area contributed by atoms with Gasteiger partial charge in [0.2, 0.25) is 5.91 Å². The minimum absolute atomic E-state index is 0.0552.